The van der Waals surface area contributed by atoms with Gasteiger partial charge in [-0.05, 0) is 56.5 Å². The first-order valence-corrected chi connectivity index (χ1v) is 7.05. The van der Waals surface area contributed by atoms with E-state index in [-0.39, 0.29) is 6.10 Å². The standard InChI is InChI=1S/C13H21NOS/c1-9(8-10(2)15)14-12-4-3-5-13-11(12)6-7-16-13/h6-7,9-10,12,14-15H,3-5,8H2,1-2H3. The van der Waals surface area contributed by atoms with Crippen LogP contribution in [0.25, 0.3) is 0 Å². The molecule has 3 atom stereocenters. The molecule has 1 aromatic heterocycles. The van der Waals surface area contributed by atoms with Gasteiger partial charge in [-0.2, -0.15) is 0 Å². The van der Waals surface area contributed by atoms with Crippen LogP contribution in [0.3, 0.4) is 0 Å². The quantitative estimate of drug-likeness (QED) is 0.847. The van der Waals surface area contributed by atoms with E-state index in [0.717, 1.165) is 6.42 Å². The number of thiophene rings is 1. The van der Waals surface area contributed by atoms with E-state index in [4.69, 9.17) is 0 Å². The number of fused-ring (bicyclic) bond motifs is 1. The van der Waals surface area contributed by atoms with Crippen LogP contribution in [0.1, 0.15) is 49.6 Å². The van der Waals surface area contributed by atoms with Crippen molar-refractivity contribution < 1.29 is 5.11 Å². The normalized spacial score (nSPS) is 23.8. The van der Waals surface area contributed by atoms with Gasteiger partial charge in [-0.1, -0.05) is 0 Å². The Morgan fingerprint density at radius 3 is 3.12 bits per heavy atom. The number of aliphatic hydroxyl groups is 1. The minimum atomic E-state index is -0.215. The lowest BCUT2D eigenvalue weighted by Crippen LogP contribution is -2.34. The molecule has 90 valence electrons. The fourth-order valence-corrected chi connectivity index (χ4v) is 3.57. The Hall–Kier alpha value is -0.380. The maximum atomic E-state index is 9.37. The van der Waals surface area contributed by atoms with Crippen LogP contribution >= 0.6 is 11.3 Å². The summed E-state index contributed by atoms with van der Waals surface area (Å²) in [6, 6.07) is 3.14. The molecule has 3 unspecified atom stereocenters. The molecule has 0 saturated carbocycles. The fraction of sp³-hybridized carbons (Fsp3) is 0.692. The minimum Gasteiger partial charge on any atom is -0.393 e. The summed E-state index contributed by atoms with van der Waals surface area (Å²) >= 11 is 1.88. The molecule has 0 bridgehead atoms. The van der Waals surface area contributed by atoms with Crippen molar-refractivity contribution in [2.45, 2.75) is 57.7 Å². The molecule has 3 heteroatoms. The average molecular weight is 239 g/mol. The molecule has 0 fully saturated rings. The van der Waals surface area contributed by atoms with Gasteiger partial charge in [0, 0.05) is 17.0 Å². The summed E-state index contributed by atoms with van der Waals surface area (Å²) in [7, 11) is 0. The Bertz CT molecular complexity index is 334. The Morgan fingerprint density at radius 2 is 2.38 bits per heavy atom. The maximum Gasteiger partial charge on any atom is 0.0526 e. The third-order valence-electron chi connectivity index (χ3n) is 3.23. The third-order valence-corrected chi connectivity index (χ3v) is 4.23. The summed E-state index contributed by atoms with van der Waals surface area (Å²) in [5.74, 6) is 0. The van der Waals surface area contributed by atoms with Gasteiger partial charge in [-0.25, -0.2) is 0 Å². The monoisotopic (exact) mass is 239 g/mol. The molecular weight excluding hydrogens is 218 g/mol. The summed E-state index contributed by atoms with van der Waals surface area (Å²) in [6.45, 7) is 4.02. The highest BCUT2D eigenvalue weighted by Crippen LogP contribution is 2.33. The van der Waals surface area contributed by atoms with Crippen molar-refractivity contribution in [2.24, 2.45) is 0 Å². The van der Waals surface area contributed by atoms with Crippen molar-refractivity contribution in [3.8, 4) is 0 Å². The number of hydrogen-bond acceptors (Lipinski definition) is 3. The summed E-state index contributed by atoms with van der Waals surface area (Å²) < 4.78 is 0. The molecule has 0 amide bonds. The van der Waals surface area contributed by atoms with E-state index < -0.39 is 0 Å². The molecule has 1 heterocycles. The van der Waals surface area contributed by atoms with Crippen LogP contribution in [-0.4, -0.2) is 17.3 Å². The van der Waals surface area contributed by atoms with Crippen molar-refractivity contribution in [3.05, 3.63) is 21.9 Å². The number of rotatable bonds is 4. The Kier molecular flexibility index (Phi) is 4.00. The van der Waals surface area contributed by atoms with Crippen LogP contribution in [0.15, 0.2) is 11.4 Å². The summed E-state index contributed by atoms with van der Waals surface area (Å²) in [6.07, 6.45) is 4.37. The zero-order valence-electron chi connectivity index (χ0n) is 10.1. The van der Waals surface area contributed by atoms with Gasteiger partial charge in [0.25, 0.3) is 0 Å². The van der Waals surface area contributed by atoms with Crippen LogP contribution in [0, 0.1) is 0 Å². The van der Waals surface area contributed by atoms with Gasteiger partial charge >= 0.3 is 0 Å². The van der Waals surface area contributed by atoms with Crippen molar-refractivity contribution in [1.82, 2.24) is 5.32 Å². The molecular formula is C13H21NOS. The van der Waals surface area contributed by atoms with Gasteiger partial charge < -0.3 is 10.4 Å². The van der Waals surface area contributed by atoms with E-state index >= 15 is 0 Å². The molecule has 16 heavy (non-hydrogen) atoms. The topological polar surface area (TPSA) is 32.3 Å². The number of aryl methyl sites for hydroxylation is 1. The van der Waals surface area contributed by atoms with Crippen molar-refractivity contribution in [2.75, 3.05) is 0 Å². The molecule has 0 radical (unpaired) electrons. The van der Waals surface area contributed by atoms with Gasteiger partial charge in [-0.3, -0.25) is 0 Å². The lowest BCUT2D eigenvalue weighted by Gasteiger charge is -2.27. The summed E-state index contributed by atoms with van der Waals surface area (Å²) in [5, 5.41) is 15.2. The number of nitrogens with one attached hydrogen (secondary N) is 1. The van der Waals surface area contributed by atoms with Gasteiger partial charge in [0.15, 0.2) is 0 Å². The average Bonchev–Trinajstić information content (AvgIpc) is 2.65. The molecule has 0 saturated heterocycles. The minimum absolute atomic E-state index is 0.215. The lowest BCUT2D eigenvalue weighted by atomic mass is 9.93. The smallest absolute Gasteiger partial charge is 0.0526 e. The number of aliphatic hydroxyl groups excluding tert-OH is 1. The summed E-state index contributed by atoms with van der Waals surface area (Å²) in [5.41, 5.74) is 1.49. The molecule has 2 rings (SSSR count). The van der Waals surface area contributed by atoms with E-state index in [2.05, 4.69) is 23.7 Å². The third kappa shape index (κ3) is 2.84. The SMILES string of the molecule is CC(O)CC(C)NC1CCCc2sccc21. The first-order valence-electron chi connectivity index (χ1n) is 6.17. The Morgan fingerprint density at radius 1 is 1.56 bits per heavy atom. The Labute approximate surface area is 102 Å². The first-order chi connectivity index (χ1) is 7.66. The van der Waals surface area contributed by atoms with Crippen LogP contribution < -0.4 is 5.32 Å². The fourth-order valence-electron chi connectivity index (χ4n) is 2.58. The highest BCUT2D eigenvalue weighted by atomic mass is 32.1. The van der Waals surface area contributed by atoms with Gasteiger partial charge in [0.05, 0.1) is 6.10 Å². The largest absolute Gasteiger partial charge is 0.393 e. The van der Waals surface area contributed by atoms with Gasteiger partial charge in [0.2, 0.25) is 0 Å². The van der Waals surface area contributed by atoms with Crippen LogP contribution in [0.2, 0.25) is 0 Å². The molecule has 0 aliphatic heterocycles. The highest BCUT2D eigenvalue weighted by molar-refractivity contribution is 7.10. The second kappa shape index (κ2) is 5.30. The predicted molar refractivity (Wildman–Crippen MR) is 68.9 cm³/mol. The van der Waals surface area contributed by atoms with Crippen molar-refractivity contribution in [3.63, 3.8) is 0 Å². The van der Waals surface area contributed by atoms with Crippen molar-refractivity contribution >= 4 is 11.3 Å². The summed E-state index contributed by atoms with van der Waals surface area (Å²) in [4.78, 5) is 1.55. The van der Waals surface area contributed by atoms with E-state index in [0.29, 0.717) is 12.1 Å². The molecule has 2 nitrogen and oxygen atoms in total. The zero-order valence-corrected chi connectivity index (χ0v) is 10.9. The highest BCUT2D eigenvalue weighted by Gasteiger charge is 2.22. The molecule has 2 N–H and O–H groups in total. The second-order valence-corrected chi connectivity index (χ2v) is 5.90. The first kappa shape index (κ1) is 12.1. The molecule has 1 aromatic rings. The number of hydrogen-bond donors (Lipinski definition) is 2. The van der Waals surface area contributed by atoms with E-state index in [1.54, 1.807) is 4.88 Å². The van der Waals surface area contributed by atoms with Crippen molar-refractivity contribution in [1.29, 1.82) is 0 Å². The van der Waals surface area contributed by atoms with Crippen LogP contribution in [-0.2, 0) is 6.42 Å². The second-order valence-electron chi connectivity index (χ2n) is 4.90. The maximum absolute atomic E-state index is 9.37. The molecule has 0 aromatic carbocycles. The Balaban J connectivity index is 1.97. The van der Waals surface area contributed by atoms with Crippen LogP contribution in [0.5, 0.6) is 0 Å². The molecule has 1 aliphatic rings. The zero-order chi connectivity index (χ0) is 11.5. The molecule has 0 spiro atoms. The van der Waals surface area contributed by atoms with Gasteiger partial charge in [-0.15, -0.1) is 11.3 Å². The van der Waals surface area contributed by atoms with E-state index in [1.807, 2.05) is 18.3 Å². The van der Waals surface area contributed by atoms with E-state index in [9.17, 15) is 5.11 Å². The van der Waals surface area contributed by atoms with Crippen LogP contribution in [0.4, 0.5) is 0 Å². The van der Waals surface area contributed by atoms with Gasteiger partial charge in [0.1, 0.15) is 0 Å². The molecule has 1 aliphatic carbocycles. The predicted octanol–water partition coefficient (Wildman–Crippen LogP) is 2.87. The van der Waals surface area contributed by atoms with E-state index in [1.165, 1.54) is 24.8 Å². The lowest BCUT2D eigenvalue weighted by molar-refractivity contribution is 0.167.